The van der Waals surface area contributed by atoms with E-state index in [2.05, 4.69) is 4.98 Å². The summed E-state index contributed by atoms with van der Waals surface area (Å²) in [6.45, 7) is 0. The molecule has 1 saturated carbocycles. The highest BCUT2D eigenvalue weighted by Gasteiger charge is 2.44. The molecule has 1 aliphatic rings. The van der Waals surface area contributed by atoms with Crippen molar-refractivity contribution in [1.82, 2.24) is 4.98 Å². The lowest BCUT2D eigenvalue weighted by atomic mass is 9.79. The average Bonchev–Trinajstić information content (AvgIpc) is 2.95. The van der Waals surface area contributed by atoms with Gasteiger partial charge in [0.15, 0.2) is 0 Å². The van der Waals surface area contributed by atoms with Gasteiger partial charge in [-0.1, -0.05) is 31.0 Å². The molecule has 0 unspecified atom stereocenters. The molecule has 1 aromatic heterocycles. The molecule has 3 rings (SSSR count). The van der Waals surface area contributed by atoms with E-state index in [4.69, 9.17) is 0 Å². The molecule has 88 valence electrons. The molecule has 1 aliphatic carbocycles. The molecule has 0 amide bonds. The number of rotatable bonds is 2. The SMILES string of the molecule is O=C(O)C1(c2c[nH]c3ccccc23)CCCC1. The van der Waals surface area contributed by atoms with E-state index in [9.17, 15) is 9.90 Å². The second-order valence-electron chi connectivity index (χ2n) is 4.84. The number of aliphatic carboxylic acids is 1. The van der Waals surface area contributed by atoms with Crippen molar-refractivity contribution < 1.29 is 9.90 Å². The first-order valence-corrected chi connectivity index (χ1v) is 6.04. The minimum atomic E-state index is -0.681. The fourth-order valence-corrected chi connectivity index (χ4v) is 3.04. The van der Waals surface area contributed by atoms with Crippen LogP contribution in [0.15, 0.2) is 30.5 Å². The number of hydrogen-bond donors (Lipinski definition) is 2. The molecule has 0 aliphatic heterocycles. The molecule has 17 heavy (non-hydrogen) atoms. The molecule has 2 N–H and O–H groups in total. The van der Waals surface area contributed by atoms with Crippen molar-refractivity contribution in [3.05, 3.63) is 36.0 Å². The number of H-pyrrole nitrogens is 1. The molecule has 2 aromatic rings. The number of aromatic nitrogens is 1. The summed E-state index contributed by atoms with van der Waals surface area (Å²) in [7, 11) is 0. The number of nitrogens with one attached hydrogen (secondary N) is 1. The third kappa shape index (κ3) is 1.38. The molecule has 1 aromatic carbocycles. The van der Waals surface area contributed by atoms with E-state index in [1.54, 1.807) is 0 Å². The van der Waals surface area contributed by atoms with Crippen molar-refractivity contribution in [2.24, 2.45) is 0 Å². The molecular formula is C14H15NO2. The van der Waals surface area contributed by atoms with E-state index in [1.807, 2.05) is 30.5 Å². The second-order valence-corrected chi connectivity index (χ2v) is 4.84. The second kappa shape index (κ2) is 3.62. The van der Waals surface area contributed by atoms with Crippen LogP contribution < -0.4 is 0 Å². The summed E-state index contributed by atoms with van der Waals surface area (Å²) in [5, 5.41) is 10.6. The predicted octanol–water partition coefficient (Wildman–Crippen LogP) is 3.06. The highest BCUT2D eigenvalue weighted by atomic mass is 16.4. The van der Waals surface area contributed by atoms with Gasteiger partial charge in [-0.3, -0.25) is 4.79 Å². The Labute approximate surface area is 99.5 Å². The van der Waals surface area contributed by atoms with Gasteiger partial charge in [0.1, 0.15) is 0 Å². The Bertz CT molecular complexity index is 564. The van der Waals surface area contributed by atoms with Gasteiger partial charge in [-0.25, -0.2) is 0 Å². The van der Waals surface area contributed by atoms with Crippen LogP contribution in [0.2, 0.25) is 0 Å². The number of aromatic amines is 1. The van der Waals surface area contributed by atoms with Gasteiger partial charge in [-0.2, -0.15) is 0 Å². The van der Waals surface area contributed by atoms with Crippen LogP contribution in [-0.4, -0.2) is 16.1 Å². The Morgan fingerprint density at radius 1 is 1.24 bits per heavy atom. The molecule has 0 atom stereocenters. The summed E-state index contributed by atoms with van der Waals surface area (Å²) in [5.41, 5.74) is 1.31. The number of para-hydroxylation sites is 1. The third-order valence-electron chi connectivity index (χ3n) is 3.97. The van der Waals surface area contributed by atoms with Crippen molar-refractivity contribution >= 4 is 16.9 Å². The first-order chi connectivity index (χ1) is 8.24. The number of benzene rings is 1. The van der Waals surface area contributed by atoms with Gasteiger partial charge in [-0.05, 0) is 24.5 Å². The zero-order chi connectivity index (χ0) is 11.9. The standard InChI is InChI=1S/C14H15NO2/c16-13(17)14(7-3-4-8-14)11-9-15-12-6-2-1-5-10(11)12/h1-2,5-6,9,15H,3-4,7-8H2,(H,16,17). The minimum absolute atomic E-state index is 0.667. The van der Waals surface area contributed by atoms with Crippen LogP contribution in [0.25, 0.3) is 10.9 Å². The number of fused-ring (bicyclic) bond motifs is 1. The lowest BCUT2D eigenvalue weighted by Gasteiger charge is -2.23. The summed E-state index contributed by atoms with van der Waals surface area (Å²) in [5.74, 6) is -0.681. The Hall–Kier alpha value is -1.77. The van der Waals surface area contributed by atoms with Gasteiger partial charge in [0, 0.05) is 17.1 Å². The van der Waals surface area contributed by atoms with E-state index in [0.717, 1.165) is 42.1 Å². The monoisotopic (exact) mass is 229 g/mol. The summed E-state index contributed by atoms with van der Waals surface area (Å²) >= 11 is 0. The van der Waals surface area contributed by atoms with Crippen LogP contribution in [0.5, 0.6) is 0 Å². The largest absolute Gasteiger partial charge is 0.481 e. The smallest absolute Gasteiger partial charge is 0.314 e. The molecule has 0 spiro atoms. The normalized spacial score (nSPS) is 18.6. The van der Waals surface area contributed by atoms with Crippen LogP contribution in [-0.2, 0) is 10.2 Å². The fraction of sp³-hybridized carbons (Fsp3) is 0.357. The zero-order valence-electron chi connectivity index (χ0n) is 9.57. The third-order valence-corrected chi connectivity index (χ3v) is 3.97. The van der Waals surface area contributed by atoms with E-state index in [1.165, 1.54) is 0 Å². The van der Waals surface area contributed by atoms with Gasteiger partial charge >= 0.3 is 5.97 Å². The van der Waals surface area contributed by atoms with Crippen molar-refractivity contribution in [1.29, 1.82) is 0 Å². The Morgan fingerprint density at radius 2 is 1.94 bits per heavy atom. The topological polar surface area (TPSA) is 53.1 Å². The van der Waals surface area contributed by atoms with Crippen molar-refractivity contribution in [3.63, 3.8) is 0 Å². The molecule has 1 fully saturated rings. The molecule has 0 bridgehead atoms. The predicted molar refractivity (Wildman–Crippen MR) is 66.1 cm³/mol. The molecule has 1 heterocycles. The molecular weight excluding hydrogens is 214 g/mol. The minimum Gasteiger partial charge on any atom is -0.481 e. The summed E-state index contributed by atoms with van der Waals surface area (Å²) in [6.07, 6.45) is 5.40. The van der Waals surface area contributed by atoms with Gasteiger partial charge in [0.2, 0.25) is 0 Å². The van der Waals surface area contributed by atoms with Crippen LogP contribution in [0.1, 0.15) is 31.2 Å². The number of carboxylic acid groups (broad SMARTS) is 1. The summed E-state index contributed by atoms with van der Waals surface area (Å²) in [4.78, 5) is 14.8. The lowest BCUT2D eigenvalue weighted by molar-refractivity contribution is -0.143. The number of carbonyl (C=O) groups is 1. The molecule has 3 nitrogen and oxygen atoms in total. The Morgan fingerprint density at radius 3 is 2.65 bits per heavy atom. The quantitative estimate of drug-likeness (QED) is 0.831. The first kappa shape index (κ1) is 10.4. The maximum atomic E-state index is 11.7. The van der Waals surface area contributed by atoms with E-state index in [-0.39, 0.29) is 0 Å². The van der Waals surface area contributed by atoms with Gasteiger partial charge in [-0.15, -0.1) is 0 Å². The van der Waals surface area contributed by atoms with Crippen LogP contribution in [0.3, 0.4) is 0 Å². The molecule has 3 heteroatoms. The maximum Gasteiger partial charge on any atom is 0.314 e. The zero-order valence-corrected chi connectivity index (χ0v) is 9.57. The lowest BCUT2D eigenvalue weighted by Crippen LogP contribution is -2.32. The highest BCUT2D eigenvalue weighted by molar-refractivity contribution is 5.92. The highest BCUT2D eigenvalue weighted by Crippen LogP contribution is 2.43. The van der Waals surface area contributed by atoms with E-state index >= 15 is 0 Å². The van der Waals surface area contributed by atoms with Crippen LogP contribution in [0.4, 0.5) is 0 Å². The first-order valence-electron chi connectivity index (χ1n) is 6.04. The van der Waals surface area contributed by atoms with Gasteiger partial charge in [0.05, 0.1) is 5.41 Å². The summed E-state index contributed by atoms with van der Waals surface area (Å²) in [6, 6.07) is 7.92. The number of hydrogen-bond acceptors (Lipinski definition) is 1. The van der Waals surface area contributed by atoms with Gasteiger partial charge < -0.3 is 10.1 Å². The van der Waals surface area contributed by atoms with E-state index < -0.39 is 11.4 Å². The maximum absolute atomic E-state index is 11.7. The molecule has 0 saturated heterocycles. The molecule has 0 radical (unpaired) electrons. The van der Waals surface area contributed by atoms with Crippen LogP contribution >= 0.6 is 0 Å². The van der Waals surface area contributed by atoms with Gasteiger partial charge in [0.25, 0.3) is 0 Å². The summed E-state index contributed by atoms with van der Waals surface area (Å²) < 4.78 is 0. The fourth-order valence-electron chi connectivity index (χ4n) is 3.04. The Kier molecular flexibility index (Phi) is 2.21. The van der Waals surface area contributed by atoms with Crippen molar-refractivity contribution in [2.45, 2.75) is 31.1 Å². The van der Waals surface area contributed by atoms with Crippen molar-refractivity contribution in [2.75, 3.05) is 0 Å². The average molecular weight is 229 g/mol. The van der Waals surface area contributed by atoms with Crippen LogP contribution in [0, 0.1) is 0 Å². The van der Waals surface area contributed by atoms with Crippen molar-refractivity contribution in [3.8, 4) is 0 Å². The Balaban J connectivity index is 2.22. The number of carboxylic acids is 1. The van der Waals surface area contributed by atoms with E-state index in [0.29, 0.717) is 0 Å².